The third-order valence-electron chi connectivity index (χ3n) is 6.55. The minimum Gasteiger partial charge on any atom is -0.307 e. The number of rotatable bonds is 3. The average molecular weight is 398 g/mol. The molecule has 0 radical (unpaired) electrons. The van der Waals surface area contributed by atoms with Gasteiger partial charge in [-0.1, -0.05) is 42.8 Å². The first-order chi connectivity index (χ1) is 14.7. The summed E-state index contributed by atoms with van der Waals surface area (Å²) < 4.78 is 0. The van der Waals surface area contributed by atoms with E-state index in [2.05, 4.69) is 53.5 Å². The van der Waals surface area contributed by atoms with Crippen molar-refractivity contribution in [3.8, 4) is 6.07 Å². The van der Waals surface area contributed by atoms with Crippen molar-refractivity contribution in [1.29, 1.82) is 5.26 Å². The molecule has 3 unspecified atom stereocenters. The van der Waals surface area contributed by atoms with Gasteiger partial charge in [0.2, 0.25) is 5.96 Å². The van der Waals surface area contributed by atoms with Crippen LogP contribution in [0, 0.1) is 17.2 Å². The zero-order valence-corrected chi connectivity index (χ0v) is 17.4. The highest BCUT2D eigenvalue weighted by Gasteiger charge is 2.37. The van der Waals surface area contributed by atoms with E-state index in [0.717, 1.165) is 48.6 Å². The molecule has 2 aromatic rings. The number of hydrogen-bond donors (Lipinski definition) is 1. The van der Waals surface area contributed by atoms with Gasteiger partial charge in [0.15, 0.2) is 0 Å². The topological polar surface area (TPSA) is 63.8 Å². The minimum atomic E-state index is 0.0448. The molecule has 3 atom stereocenters. The summed E-state index contributed by atoms with van der Waals surface area (Å²) in [6.07, 6.45) is 5.55. The molecule has 1 aliphatic carbocycles. The third-order valence-corrected chi connectivity index (χ3v) is 6.55. The molecule has 5 heteroatoms. The van der Waals surface area contributed by atoms with Crippen LogP contribution in [0.25, 0.3) is 0 Å². The summed E-state index contributed by atoms with van der Waals surface area (Å²) in [5, 5.41) is 13.2. The van der Waals surface area contributed by atoms with Crippen LogP contribution in [0.4, 0.5) is 5.69 Å². The highest BCUT2D eigenvalue weighted by Crippen LogP contribution is 2.37. The second kappa shape index (κ2) is 8.04. The van der Waals surface area contributed by atoms with E-state index in [1.54, 1.807) is 0 Å². The molecule has 1 fully saturated rings. The van der Waals surface area contributed by atoms with E-state index in [9.17, 15) is 5.26 Å². The van der Waals surface area contributed by atoms with Gasteiger partial charge in [0.05, 0.1) is 11.6 Å². The Balaban J connectivity index is 1.47. The van der Waals surface area contributed by atoms with Crippen LogP contribution in [0.5, 0.6) is 0 Å². The van der Waals surface area contributed by atoms with Gasteiger partial charge in [-0.15, -0.1) is 0 Å². The largest absolute Gasteiger partial charge is 0.307 e. The molecule has 0 amide bonds. The highest BCUT2D eigenvalue weighted by atomic mass is 15.3. The number of aliphatic imine (C=N–C) groups is 2. The van der Waals surface area contributed by atoms with Crippen LogP contribution >= 0.6 is 0 Å². The molecule has 3 aliphatic rings. The van der Waals surface area contributed by atoms with Gasteiger partial charge in [0.25, 0.3) is 0 Å². The Labute approximate surface area is 178 Å². The molecule has 2 heterocycles. The lowest BCUT2D eigenvalue weighted by Crippen LogP contribution is -2.47. The Morgan fingerprint density at radius 2 is 2.00 bits per heavy atom. The summed E-state index contributed by atoms with van der Waals surface area (Å²) in [6.45, 7) is 3.00. The van der Waals surface area contributed by atoms with Gasteiger partial charge < -0.3 is 4.90 Å². The SMILES string of the molecule is CC1Cc2c(C#N)cccc2N1C1=NC(NCc2ccccc2)C2CCCCC2=N1. The second-order valence-electron chi connectivity index (χ2n) is 8.53. The highest BCUT2D eigenvalue weighted by molar-refractivity contribution is 6.08. The van der Waals surface area contributed by atoms with E-state index in [0.29, 0.717) is 5.92 Å². The maximum atomic E-state index is 9.52. The summed E-state index contributed by atoms with van der Waals surface area (Å²) in [5.41, 5.74) is 5.53. The quantitative estimate of drug-likeness (QED) is 0.833. The summed E-state index contributed by atoms with van der Waals surface area (Å²) in [6, 6.07) is 19.1. The molecular weight excluding hydrogens is 370 g/mol. The number of nitrogens with zero attached hydrogens (tertiary/aromatic N) is 4. The first-order valence-corrected chi connectivity index (χ1v) is 11.0. The second-order valence-corrected chi connectivity index (χ2v) is 8.53. The van der Waals surface area contributed by atoms with Crippen LogP contribution in [0.3, 0.4) is 0 Å². The van der Waals surface area contributed by atoms with Gasteiger partial charge in [-0.3, -0.25) is 5.32 Å². The van der Waals surface area contributed by atoms with Crippen LogP contribution in [0.1, 0.15) is 49.3 Å². The van der Waals surface area contributed by atoms with Gasteiger partial charge >= 0.3 is 0 Å². The zero-order chi connectivity index (χ0) is 20.5. The summed E-state index contributed by atoms with van der Waals surface area (Å²) in [4.78, 5) is 12.4. The Hall–Kier alpha value is -2.97. The Bertz CT molecular complexity index is 1030. The van der Waals surface area contributed by atoms with Crippen LogP contribution < -0.4 is 10.2 Å². The molecule has 2 aliphatic heterocycles. The molecule has 0 saturated heterocycles. The van der Waals surface area contributed by atoms with Crippen LogP contribution in [-0.4, -0.2) is 23.9 Å². The molecule has 0 bridgehead atoms. The van der Waals surface area contributed by atoms with E-state index < -0.39 is 0 Å². The molecule has 1 N–H and O–H groups in total. The van der Waals surface area contributed by atoms with Crippen molar-refractivity contribution in [3.05, 3.63) is 65.2 Å². The first kappa shape index (κ1) is 19.0. The predicted octanol–water partition coefficient (Wildman–Crippen LogP) is 4.43. The fraction of sp³-hybridized carbons (Fsp3) is 0.400. The number of anilines is 1. The van der Waals surface area contributed by atoms with E-state index in [4.69, 9.17) is 9.98 Å². The number of guanidine groups is 1. The van der Waals surface area contributed by atoms with Crippen molar-refractivity contribution in [2.24, 2.45) is 15.9 Å². The fourth-order valence-corrected chi connectivity index (χ4v) is 5.04. The van der Waals surface area contributed by atoms with Crippen molar-refractivity contribution in [1.82, 2.24) is 5.32 Å². The van der Waals surface area contributed by atoms with Crippen molar-refractivity contribution in [3.63, 3.8) is 0 Å². The molecule has 1 saturated carbocycles. The Morgan fingerprint density at radius 1 is 1.13 bits per heavy atom. The lowest BCUT2D eigenvalue weighted by molar-refractivity contribution is 0.381. The third kappa shape index (κ3) is 3.42. The van der Waals surface area contributed by atoms with E-state index in [1.807, 2.05) is 18.2 Å². The van der Waals surface area contributed by atoms with Gasteiger partial charge in [-0.2, -0.15) is 5.26 Å². The number of hydrogen-bond acceptors (Lipinski definition) is 5. The molecule has 5 nitrogen and oxygen atoms in total. The molecule has 30 heavy (non-hydrogen) atoms. The summed E-state index contributed by atoms with van der Waals surface area (Å²) in [5.74, 6) is 1.18. The predicted molar refractivity (Wildman–Crippen MR) is 121 cm³/mol. The maximum Gasteiger partial charge on any atom is 0.227 e. The monoisotopic (exact) mass is 397 g/mol. The molecule has 2 aromatic carbocycles. The Morgan fingerprint density at radius 3 is 2.83 bits per heavy atom. The number of benzene rings is 2. The van der Waals surface area contributed by atoms with Crippen molar-refractivity contribution in [2.75, 3.05) is 4.90 Å². The van der Waals surface area contributed by atoms with E-state index in [-0.39, 0.29) is 12.2 Å². The molecular formula is C25H27N5. The van der Waals surface area contributed by atoms with Crippen molar-refractivity contribution < 1.29 is 0 Å². The van der Waals surface area contributed by atoms with Crippen molar-refractivity contribution >= 4 is 17.4 Å². The molecule has 0 spiro atoms. The number of nitrogens with one attached hydrogen (secondary N) is 1. The summed E-state index contributed by atoms with van der Waals surface area (Å²) >= 11 is 0. The first-order valence-electron chi connectivity index (χ1n) is 11.0. The molecule has 0 aromatic heterocycles. The van der Waals surface area contributed by atoms with Crippen LogP contribution in [0.2, 0.25) is 0 Å². The van der Waals surface area contributed by atoms with Crippen molar-refractivity contribution in [2.45, 2.75) is 57.8 Å². The maximum absolute atomic E-state index is 9.52. The van der Waals surface area contributed by atoms with Gasteiger partial charge in [0.1, 0.15) is 6.17 Å². The van der Waals surface area contributed by atoms with E-state index in [1.165, 1.54) is 24.1 Å². The standard InChI is InChI=1S/C25H27N5/c1-17-14-21-19(15-26)10-7-13-23(21)30(17)25-28-22-12-6-5-11-20(22)24(29-25)27-16-18-8-3-2-4-9-18/h2-4,7-10,13,17,20,24,27H,5-6,11-12,14,16H2,1H3. The molecule has 152 valence electrons. The minimum absolute atomic E-state index is 0.0448. The fourth-order valence-electron chi connectivity index (χ4n) is 5.04. The van der Waals surface area contributed by atoms with Gasteiger partial charge in [-0.05, 0) is 55.9 Å². The normalized spacial score (nSPS) is 25.1. The number of nitriles is 1. The lowest BCUT2D eigenvalue weighted by Gasteiger charge is -2.36. The average Bonchev–Trinajstić information content (AvgIpc) is 3.13. The Kier molecular flexibility index (Phi) is 5.10. The smallest absolute Gasteiger partial charge is 0.227 e. The van der Waals surface area contributed by atoms with Gasteiger partial charge in [-0.25, -0.2) is 9.98 Å². The van der Waals surface area contributed by atoms with Gasteiger partial charge in [0, 0.05) is 29.9 Å². The lowest BCUT2D eigenvalue weighted by atomic mass is 9.84. The van der Waals surface area contributed by atoms with Crippen LogP contribution in [-0.2, 0) is 13.0 Å². The zero-order valence-electron chi connectivity index (χ0n) is 17.4. The van der Waals surface area contributed by atoms with E-state index >= 15 is 0 Å². The summed E-state index contributed by atoms with van der Waals surface area (Å²) in [7, 11) is 0. The van der Waals surface area contributed by atoms with Crippen LogP contribution in [0.15, 0.2) is 58.5 Å². The molecule has 5 rings (SSSR count). The number of fused-ring (bicyclic) bond motifs is 2.